The molecule has 86 valence electrons. The van der Waals surface area contributed by atoms with Crippen molar-refractivity contribution in [2.75, 3.05) is 0 Å². The molecule has 2 aromatic rings. The zero-order chi connectivity index (χ0) is 11.7. The maximum atomic E-state index is 6.07. The summed E-state index contributed by atoms with van der Waals surface area (Å²) in [6.45, 7) is 4.26. The molecular formula is C12H18N4. The van der Waals surface area contributed by atoms with E-state index in [1.807, 2.05) is 23.7 Å². The van der Waals surface area contributed by atoms with E-state index in [2.05, 4.69) is 23.8 Å². The number of pyridine rings is 1. The van der Waals surface area contributed by atoms with E-state index in [4.69, 9.17) is 5.73 Å². The summed E-state index contributed by atoms with van der Waals surface area (Å²) in [5.74, 6) is 1.47. The molecule has 16 heavy (non-hydrogen) atoms. The highest BCUT2D eigenvalue weighted by Gasteiger charge is 2.14. The number of hydrogen-bond donors (Lipinski definition) is 1. The number of hydrogen-bond acceptors (Lipinski definition) is 3. The Morgan fingerprint density at radius 2 is 2.19 bits per heavy atom. The highest BCUT2D eigenvalue weighted by Crippen LogP contribution is 2.14. The summed E-state index contributed by atoms with van der Waals surface area (Å²) in [6, 6.07) is 4.03. The van der Waals surface area contributed by atoms with E-state index >= 15 is 0 Å². The number of rotatable bonds is 3. The van der Waals surface area contributed by atoms with Crippen LogP contribution in [-0.2, 0) is 13.5 Å². The van der Waals surface area contributed by atoms with Crippen molar-refractivity contribution in [3.63, 3.8) is 0 Å². The van der Waals surface area contributed by atoms with E-state index < -0.39 is 0 Å². The second kappa shape index (κ2) is 4.22. The topological polar surface area (TPSA) is 56.7 Å². The van der Waals surface area contributed by atoms with Gasteiger partial charge in [-0.05, 0) is 18.1 Å². The van der Waals surface area contributed by atoms with Crippen LogP contribution in [0.2, 0.25) is 0 Å². The lowest BCUT2D eigenvalue weighted by Crippen LogP contribution is -2.29. The zero-order valence-electron chi connectivity index (χ0n) is 10.0. The van der Waals surface area contributed by atoms with Gasteiger partial charge in [-0.25, -0.2) is 9.97 Å². The van der Waals surface area contributed by atoms with Crippen molar-refractivity contribution >= 4 is 11.2 Å². The Balaban J connectivity index is 2.35. The standard InChI is InChI=1S/C12H18N4/c1-8(2)9(13)7-11-15-10-5-4-6-14-12(10)16(11)3/h4-6,8-9H,7,13H2,1-3H3. The van der Waals surface area contributed by atoms with E-state index in [-0.39, 0.29) is 6.04 Å². The minimum atomic E-state index is 0.149. The molecule has 2 heterocycles. The van der Waals surface area contributed by atoms with Crippen LogP contribution in [0.1, 0.15) is 19.7 Å². The maximum absolute atomic E-state index is 6.07. The summed E-state index contributed by atoms with van der Waals surface area (Å²) in [6.07, 6.45) is 2.58. The lowest BCUT2D eigenvalue weighted by atomic mass is 10.0. The molecule has 1 unspecified atom stereocenters. The van der Waals surface area contributed by atoms with Crippen molar-refractivity contribution in [1.82, 2.24) is 14.5 Å². The molecule has 4 heteroatoms. The summed E-state index contributed by atoms with van der Waals surface area (Å²) < 4.78 is 2.03. The Labute approximate surface area is 95.5 Å². The summed E-state index contributed by atoms with van der Waals surface area (Å²) >= 11 is 0. The van der Waals surface area contributed by atoms with Crippen LogP contribution in [0.4, 0.5) is 0 Å². The minimum Gasteiger partial charge on any atom is -0.327 e. The van der Waals surface area contributed by atoms with Crippen molar-refractivity contribution < 1.29 is 0 Å². The summed E-state index contributed by atoms with van der Waals surface area (Å²) in [5.41, 5.74) is 7.93. The minimum absolute atomic E-state index is 0.149. The van der Waals surface area contributed by atoms with E-state index in [1.165, 1.54) is 0 Å². The third-order valence-corrected chi connectivity index (χ3v) is 3.00. The van der Waals surface area contributed by atoms with Gasteiger partial charge in [0.05, 0.1) is 0 Å². The molecular weight excluding hydrogens is 200 g/mol. The molecule has 0 amide bonds. The number of nitrogens with zero attached hydrogens (tertiary/aromatic N) is 3. The van der Waals surface area contributed by atoms with Gasteiger partial charge in [-0.1, -0.05) is 13.8 Å². The molecule has 0 saturated carbocycles. The van der Waals surface area contributed by atoms with Crippen molar-refractivity contribution in [3.8, 4) is 0 Å². The van der Waals surface area contributed by atoms with E-state index in [0.29, 0.717) is 5.92 Å². The molecule has 0 radical (unpaired) electrons. The van der Waals surface area contributed by atoms with Gasteiger partial charge in [-0.3, -0.25) is 0 Å². The highest BCUT2D eigenvalue weighted by molar-refractivity contribution is 5.70. The number of fused-ring (bicyclic) bond motifs is 1. The van der Waals surface area contributed by atoms with Gasteiger partial charge < -0.3 is 10.3 Å². The Bertz CT molecular complexity index is 487. The highest BCUT2D eigenvalue weighted by atomic mass is 15.1. The van der Waals surface area contributed by atoms with Gasteiger partial charge in [0.15, 0.2) is 5.65 Å². The summed E-state index contributed by atoms with van der Waals surface area (Å²) in [7, 11) is 1.99. The molecule has 0 aliphatic heterocycles. The SMILES string of the molecule is CC(C)C(N)Cc1nc2cccnc2n1C. The molecule has 0 aliphatic carbocycles. The zero-order valence-corrected chi connectivity index (χ0v) is 10.0. The van der Waals surface area contributed by atoms with Crippen LogP contribution in [0.3, 0.4) is 0 Å². The van der Waals surface area contributed by atoms with E-state index in [1.54, 1.807) is 6.20 Å². The summed E-state index contributed by atoms with van der Waals surface area (Å²) in [4.78, 5) is 8.87. The summed E-state index contributed by atoms with van der Waals surface area (Å²) in [5, 5.41) is 0. The number of aromatic nitrogens is 3. The average molecular weight is 218 g/mol. The molecule has 0 bridgehead atoms. The molecule has 4 nitrogen and oxygen atoms in total. The second-order valence-electron chi connectivity index (χ2n) is 4.55. The molecule has 0 saturated heterocycles. The second-order valence-corrected chi connectivity index (χ2v) is 4.55. The fourth-order valence-corrected chi connectivity index (χ4v) is 1.70. The maximum Gasteiger partial charge on any atom is 0.159 e. The third-order valence-electron chi connectivity index (χ3n) is 3.00. The fraction of sp³-hybridized carbons (Fsp3) is 0.500. The molecule has 2 rings (SSSR count). The van der Waals surface area contributed by atoms with E-state index in [9.17, 15) is 0 Å². The van der Waals surface area contributed by atoms with Crippen LogP contribution in [0.25, 0.3) is 11.2 Å². The smallest absolute Gasteiger partial charge is 0.159 e. The van der Waals surface area contributed by atoms with Crippen LogP contribution < -0.4 is 5.73 Å². The molecule has 2 aromatic heterocycles. The number of imidazole rings is 1. The predicted octanol–water partition coefficient (Wildman–Crippen LogP) is 1.49. The number of aryl methyl sites for hydroxylation is 1. The molecule has 0 aromatic carbocycles. The van der Waals surface area contributed by atoms with Gasteiger partial charge in [0, 0.05) is 25.7 Å². The van der Waals surface area contributed by atoms with Crippen molar-refractivity contribution in [3.05, 3.63) is 24.2 Å². The largest absolute Gasteiger partial charge is 0.327 e. The lowest BCUT2D eigenvalue weighted by molar-refractivity contribution is 0.477. The van der Waals surface area contributed by atoms with Gasteiger partial charge in [-0.15, -0.1) is 0 Å². The van der Waals surface area contributed by atoms with Gasteiger partial charge in [-0.2, -0.15) is 0 Å². The molecule has 0 aliphatic rings. The Kier molecular flexibility index (Phi) is 2.92. The quantitative estimate of drug-likeness (QED) is 0.849. The first-order valence-electron chi connectivity index (χ1n) is 5.61. The van der Waals surface area contributed by atoms with Crippen LogP contribution in [0, 0.1) is 5.92 Å². The van der Waals surface area contributed by atoms with Crippen LogP contribution in [0.15, 0.2) is 18.3 Å². The van der Waals surface area contributed by atoms with Crippen molar-refractivity contribution in [1.29, 1.82) is 0 Å². The Morgan fingerprint density at radius 3 is 2.81 bits per heavy atom. The first-order chi connectivity index (χ1) is 7.59. The van der Waals surface area contributed by atoms with Crippen molar-refractivity contribution in [2.24, 2.45) is 18.7 Å². The molecule has 1 atom stereocenters. The predicted molar refractivity (Wildman–Crippen MR) is 65.0 cm³/mol. The van der Waals surface area contributed by atoms with Crippen LogP contribution >= 0.6 is 0 Å². The normalized spacial score (nSPS) is 13.6. The number of nitrogens with two attached hydrogens (primary N) is 1. The Hall–Kier alpha value is -1.42. The average Bonchev–Trinajstić information content (AvgIpc) is 2.56. The molecule has 0 spiro atoms. The fourth-order valence-electron chi connectivity index (χ4n) is 1.70. The first-order valence-corrected chi connectivity index (χ1v) is 5.61. The van der Waals surface area contributed by atoms with Gasteiger partial charge in [0.2, 0.25) is 0 Å². The third kappa shape index (κ3) is 1.93. The monoisotopic (exact) mass is 218 g/mol. The lowest BCUT2D eigenvalue weighted by Gasteiger charge is -2.14. The van der Waals surface area contributed by atoms with Gasteiger partial charge in [0.25, 0.3) is 0 Å². The Morgan fingerprint density at radius 1 is 1.44 bits per heavy atom. The first kappa shape index (κ1) is 11.1. The molecule has 2 N–H and O–H groups in total. The van der Waals surface area contributed by atoms with Crippen molar-refractivity contribution in [2.45, 2.75) is 26.3 Å². The van der Waals surface area contributed by atoms with Gasteiger partial charge in [0.1, 0.15) is 11.3 Å². The van der Waals surface area contributed by atoms with Crippen LogP contribution in [-0.4, -0.2) is 20.6 Å². The van der Waals surface area contributed by atoms with Gasteiger partial charge >= 0.3 is 0 Å². The van der Waals surface area contributed by atoms with E-state index in [0.717, 1.165) is 23.4 Å². The van der Waals surface area contributed by atoms with Crippen LogP contribution in [0.5, 0.6) is 0 Å². The molecule has 0 fully saturated rings.